The summed E-state index contributed by atoms with van der Waals surface area (Å²) < 4.78 is 19.8. The minimum Gasteiger partial charge on any atom is -0.487 e. The summed E-state index contributed by atoms with van der Waals surface area (Å²) in [5.74, 6) is 2.16. The van der Waals surface area contributed by atoms with Gasteiger partial charge in [-0.2, -0.15) is 0 Å². The van der Waals surface area contributed by atoms with Gasteiger partial charge in [0.05, 0.1) is 0 Å². The Morgan fingerprint density at radius 1 is 1.15 bits per heavy atom. The third-order valence-corrected chi connectivity index (χ3v) is 5.42. The normalized spacial score (nSPS) is 36.5. The number of hydrogen-bond acceptors (Lipinski definition) is 2. The molecule has 0 radical (unpaired) electrons. The molecule has 2 unspecified atom stereocenters. The third kappa shape index (κ3) is 2.12. The molecule has 20 heavy (non-hydrogen) atoms. The molecule has 2 nitrogen and oxygen atoms in total. The first-order valence-electron chi connectivity index (χ1n) is 7.89. The van der Waals surface area contributed by atoms with Gasteiger partial charge in [-0.15, -0.1) is 0 Å². The highest BCUT2D eigenvalue weighted by Gasteiger charge is 2.46. The van der Waals surface area contributed by atoms with Crippen LogP contribution in [0.3, 0.4) is 0 Å². The Hall–Kier alpha value is -1.09. The smallest absolute Gasteiger partial charge is 0.127 e. The fourth-order valence-electron chi connectivity index (χ4n) is 4.31. The number of halogens is 1. The Kier molecular flexibility index (Phi) is 2.81. The van der Waals surface area contributed by atoms with Gasteiger partial charge >= 0.3 is 0 Å². The Balaban J connectivity index is 1.63. The molecule has 2 aliphatic carbocycles. The van der Waals surface area contributed by atoms with Crippen LogP contribution in [-0.2, 0) is 0 Å². The second-order valence-corrected chi connectivity index (χ2v) is 6.97. The lowest BCUT2D eigenvalue weighted by molar-refractivity contribution is -0.0209. The van der Waals surface area contributed by atoms with E-state index in [1.165, 1.54) is 37.8 Å². The molecular formula is C17H22FNO. The summed E-state index contributed by atoms with van der Waals surface area (Å²) in [7, 11) is 0. The summed E-state index contributed by atoms with van der Waals surface area (Å²) in [6, 6.07) is 4.76. The summed E-state index contributed by atoms with van der Waals surface area (Å²) in [4.78, 5) is 0. The molecule has 2 fully saturated rings. The SMILES string of the molecule is N[C@@H]1CC2(CCCC(C3CC3)C2)Oc2cc(F)ccc21. The van der Waals surface area contributed by atoms with E-state index in [0.29, 0.717) is 5.75 Å². The second-order valence-electron chi connectivity index (χ2n) is 6.97. The number of benzene rings is 1. The average molecular weight is 275 g/mol. The molecule has 3 heteroatoms. The maximum atomic E-state index is 13.5. The zero-order chi connectivity index (χ0) is 13.7. The van der Waals surface area contributed by atoms with Crippen molar-refractivity contribution in [2.45, 2.75) is 56.6 Å². The zero-order valence-electron chi connectivity index (χ0n) is 11.8. The first-order chi connectivity index (χ1) is 9.65. The van der Waals surface area contributed by atoms with E-state index < -0.39 is 0 Å². The molecule has 1 spiro atoms. The largest absolute Gasteiger partial charge is 0.487 e. The predicted octanol–water partition coefficient (Wildman–Crippen LogP) is 3.95. The minimum atomic E-state index is -0.234. The van der Waals surface area contributed by atoms with E-state index in [1.54, 1.807) is 6.07 Å². The molecular weight excluding hydrogens is 253 g/mol. The van der Waals surface area contributed by atoms with Gasteiger partial charge in [0.15, 0.2) is 0 Å². The molecule has 2 N–H and O–H groups in total. The lowest BCUT2D eigenvalue weighted by atomic mass is 9.71. The van der Waals surface area contributed by atoms with E-state index in [2.05, 4.69) is 0 Å². The van der Waals surface area contributed by atoms with Gasteiger partial charge in [0.1, 0.15) is 17.2 Å². The lowest BCUT2D eigenvalue weighted by Gasteiger charge is -2.46. The molecule has 3 aliphatic rings. The summed E-state index contributed by atoms with van der Waals surface area (Å²) in [5.41, 5.74) is 7.17. The Morgan fingerprint density at radius 2 is 2.00 bits per heavy atom. The summed E-state index contributed by atoms with van der Waals surface area (Å²) in [5, 5.41) is 0. The molecule has 3 atom stereocenters. The Bertz CT molecular complexity index is 528. The van der Waals surface area contributed by atoms with Crippen LogP contribution in [0.4, 0.5) is 4.39 Å². The maximum absolute atomic E-state index is 13.5. The standard InChI is InChI=1S/C17H22FNO/c18-13-5-6-14-15(19)10-17(20-16(14)8-13)7-1-2-12(9-17)11-3-4-11/h5-6,8,11-12,15H,1-4,7,9-10,19H2/t12?,15-,17?/m1/s1. The van der Waals surface area contributed by atoms with Gasteiger partial charge in [-0.05, 0) is 56.4 Å². The topological polar surface area (TPSA) is 35.2 Å². The first-order valence-corrected chi connectivity index (χ1v) is 7.89. The molecule has 0 aromatic heterocycles. The highest BCUT2D eigenvalue weighted by Crippen LogP contribution is 2.52. The molecule has 0 saturated heterocycles. The van der Waals surface area contributed by atoms with Crippen molar-refractivity contribution in [1.29, 1.82) is 0 Å². The van der Waals surface area contributed by atoms with Crippen LogP contribution >= 0.6 is 0 Å². The van der Waals surface area contributed by atoms with Gasteiger partial charge in [-0.3, -0.25) is 0 Å². The van der Waals surface area contributed by atoms with Crippen LogP contribution in [0.2, 0.25) is 0 Å². The van der Waals surface area contributed by atoms with Gasteiger partial charge < -0.3 is 10.5 Å². The number of ether oxygens (including phenoxy) is 1. The molecule has 1 aromatic rings. The third-order valence-electron chi connectivity index (χ3n) is 5.42. The molecule has 1 aromatic carbocycles. The van der Waals surface area contributed by atoms with Gasteiger partial charge in [0.25, 0.3) is 0 Å². The van der Waals surface area contributed by atoms with Crippen LogP contribution in [0.5, 0.6) is 5.75 Å². The van der Waals surface area contributed by atoms with E-state index in [9.17, 15) is 4.39 Å². The quantitative estimate of drug-likeness (QED) is 0.842. The van der Waals surface area contributed by atoms with Crippen LogP contribution in [0.15, 0.2) is 18.2 Å². The van der Waals surface area contributed by atoms with Crippen molar-refractivity contribution in [3.8, 4) is 5.75 Å². The lowest BCUT2D eigenvalue weighted by Crippen LogP contribution is -2.46. The molecule has 0 bridgehead atoms. The molecule has 2 saturated carbocycles. The summed E-state index contributed by atoms with van der Waals surface area (Å²) >= 11 is 0. The fourth-order valence-corrected chi connectivity index (χ4v) is 4.31. The monoisotopic (exact) mass is 275 g/mol. The fraction of sp³-hybridized carbons (Fsp3) is 0.647. The van der Waals surface area contributed by atoms with Gasteiger partial charge in [-0.1, -0.05) is 6.07 Å². The van der Waals surface area contributed by atoms with Gasteiger partial charge in [0, 0.05) is 24.1 Å². The van der Waals surface area contributed by atoms with Crippen LogP contribution in [-0.4, -0.2) is 5.60 Å². The average Bonchev–Trinajstić information content (AvgIpc) is 3.22. The molecule has 1 aliphatic heterocycles. The number of hydrogen-bond donors (Lipinski definition) is 1. The van der Waals surface area contributed by atoms with Crippen molar-refractivity contribution in [2.75, 3.05) is 0 Å². The Labute approximate surface area is 119 Å². The highest BCUT2D eigenvalue weighted by molar-refractivity contribution is 5.39. The second kappa shape index (κ2) is 4.45. The first kappa shape index (κ1) is 12.6. The highest BCUT2D eigenvalue weighted by atomic mass is 19.1. The predicted molar refractivity (Wildman–Crippen MR) is 76.0 cm³/mol. The van der Waals surface area contributed by atoms with Gasteiger partial charge in [-0.25, -0.2) is 4.39 Å². The number of rotatable bonds is 1. The van der Waals surface area contributed by atoms with E-state index in [1.807, 2.05) is 0 Å². The van der Waals surface area contributed by atoms with Crippen molar-refractivity contribution in [3.63, 3.8) is 0 Å². The van der Waals surface area contributed by atoms with Crippen LogP contribution in [0.1, 0.15) is 56.6 Å². The molecule has 4 rings (SSSR count). The van der Waals surface area contributed by atoms with Crippen molar-refractivity contribution >= 4 is 0 Å². The molecule has 108 valence electrons. The summed E-state index contributed by atoms with van der Waals surface area (Å²) in [6.45, 7) is 0. The van der Waals surface area contributed by atoms with Crippen LogP contribution in [0.25, 0.3) is 0 Å². The van der Waals surface area contributed by atoms with E-state index >= 15 is 0 Å². The van der Waals surface area contributed by atoms with Crippen molar-refractivity contribution < 1.29 is 9.13 Å². The zero-order valence-corrected chi connectivity index (χ0v) is 11.8. The van der Waals surface area contributed by atoms with E-state index in [0.717, 1.165) is 36.7 Å². The van der Waals surface area contributed by atoms with Crippen molar-refractivity contribution in [3.05, 3.63) is 29.6 Å². The maximum Gasteiger partial charge on any atom is 0.127 e. The van der Waals surface area contributed by atoms with Crippen LogP contribution in [0, 0.1) is 17.7 Å². The number of fused-ring (bicyclic) bond motifs is 1. The molecule has 0 amide bonds. The minimum absolute atomic E-state index is 0.0164. The van der Waals surface area contributed by atoms with Gasteiger partial charge in [0.2, 0.25) is 0 Å². The summed E-state index contributed by atoms with van der Waals surface area (Å²) in [6.07, 6.45) is 8.39. The number of nitrogens with two attached hydrogens (primary N) is 1. The van der Waals surface area contributed by atoms with Crippen molar-refractivity contribution in [1.82, 2.24) is 0 Å². The van der Waals surface area contributed by atoms with E-state index in [4.69, 9.17) is 10.5 Å². The Morgan fingerprint density at radius 3 is 2.80 bits per heavy atom. The van der Waals surface area contributed by atoms with Crippen LogP contribution < -0.4 is 10.5 Å². The van der Waals surface area contributed by atoms with E-state index in [-0.39, 0.29) is 17.5 Å². The molecule has 1 heterocycles. The van der Waals surface area contributed by atoms with Crippen molar-refractivity contribution in [2.24, 2.45) is 17.6 Å².